The van der Waals surface area contributed by atoms with Gasteiger partial charge in [0.05, 0.1) is 0 Å². The second-order valence-corrected chi connectivity index (χ2v) is 5.31. The summed E-state index contributed by atoms with van der Waals surface area (Å²) >= 11 is 0. The lowest BCUT2D eigenvalue weighted by atomic mass is 9.82. The van der Waals surface area contributed by atoms with Gasteiger partial charge in [-0.05, 0) is 65.5 Å². The third-order valence-electron chi connectivity index (χ3n) is 3.80. The standard InChI is InChI=1S/C12H27N3/c1-10(9-13)12(14(2)3)11-5-7-15(4)8-6-11/h10-12H,5-9,13H2,1-4H3. The van der Waals surface area contributed by atoms with Gasteiger partial charge in [-0.3, -0.25) is 0 Å². The van der Waals surface area contributed by atoms with Gasteiger partial charge in [0.25, 0.3) is 0 Å². The van der Waals surface area contributed by atoms with Gasteiger partial charge in [0.1, 0.15) is 0 Å². The lowest BCUT2D eigenvalue weighted by molar-refractivity contribution is 0.0976. The summed E-state index contributed by atoms with van der Waals surface area (Å²) in [6.45, 7) is 5.57. The van der Waals surface area contributed by atoms with E-state index in [1.54, 1.807) is 0 Å². The summed E-state index contributed by atoms with van der Waals surface area (Å²) in [5.41, 5.74) is 5.81. The third-order valence-corrected chi connectivity index (χ3v) is 3.80. The predicted molar refractivity (Wildman–Crippen MR) is 65.9 cm³/mol. The molecule has 2 unspecified atom stereocenters. The number of nitrogens with zero attached hydrogens (tertiary/aromatic N) is 2. The maximum Gasteiger partial charge on any atom is 0.0156 e. The Morgan fingerprint density at radius 2 is 1.87 bits per heavy atom. The van der Waals surface area contributed by atoms with E-state index in [1.165, 1.54) is 25.9 Å². The number of nitrogens with two attached hydrogens (primary N) is 1. The molecular weight excluding hydrogens is 186 g/mol. The van der Waals surface area contributed by atoms with Crippen molar-refractivity contribution in [1.29, 1.82) is 0 Å². The zero-order chi connectivity index (χ0) is 11.4. The highest BCUT2D eigenvalue weighted by Gasteiger charge is 2.30. The van der Waals surface area contributed by atoms with Gasteiger partial charge in [0.15, 0.2) is 0 Å². The Hall–Kier alpha value is -0.120. The Morgan fingerprint density at radius 3 is 2.27 bits per heavy atom. The zero-order valence-corrected chi connectivity index (χ0v) is 10.7. The van der Waals surface area contributed by atoms with E-state index in [1.807, 2.05) is 0 Å². The third kappa shape index (κ3) is 3.44. The molecule has 0 radical (unpaired) electrons. The Morgan fingerprint density at radius 1 is 1.33 bits per heavy atom. The van der Waals surface area contributed by atoms with Crippen LogP contribution in [0.4, 0.5) is 0 Å². The average molecular weight is 213 g/mol. The van der Waals surface area contributed by atoms with E-state index in [0.29, 0.717) is 12.0 Å². The molecule has 0 aromatic heterocycles. The van der Waals surface area contributed by atoms with Crippen molar-refractivity contribution in [3.63, 3.8) is 0 Å². The Kier molecular flexibility index (Phi) is 5.03. The van der Waals surface area contributed by atoms with E-state index in [4.69, 9.17) is 5.73 Å². The smallest absolute Gasteiger partial charge is 0.0156 e. The van der Waals surface area contributed by atoms with Crippen molar-refractivity contribution in [2.24, 2.45) is 17.6 Å². The molecule has 3 nitrogen and oxygen atoms in total. The van der Waals surface area contributed by atoms with Crippen molar-refractivity contribution in [2.45, 2.75) is 25.8 Å². The summed E-state index contributed by atoms with van der Waals surface area (Å²) in [6.07, 6.45) is 2.65. The maximum atomic E-state index is 5.81. The summed E-state index contributed by atoms with van der Waals surface area (Å²) in [5, 5.41) is 0. The zero-order valence-electron chi connectivity index (χ0n) is 10.7. The molecule has 0 amide bonds. The Labute approximate surface area is 94.6 Å². The number of rotatable bonds is 4. The van der Waals surface area contributed by atoms with Crippen molar-refractivity contribution in [3.05, 3.63) is 0 Å². The molecule has 1 fully saturated rings. The molecule has 0 aromatic carbocycles. The predicted octanol–water partition coefficient (Wildman–Crippen LogP) is 0.853. The van der Waals surface area contributed by atoms with Gasteiger partial charge in [0, 0.05) is 6.04 Å². The molecule has 1 saturated heterocycles. The van der Waals surface area contributed by atoms with Crippen molar-refractivity contribution in [1.82, 2.24) is 9.80 Å². The maximum absolute atomic E-state index is 5.81. The van der Waals surface area contributed by atoms with Crippen LogP contribution in [0.2, 0.25) is 0 Å². The largest absolute Gasteiger partial charge is 0.330 e. The monoisotopic (exact) mass is 213 g/mol. The fourth-order valence-corrected chi connectivity index (χ4v) is 2.90. The van der Waals surface area contributed by atoms with Crippen LogP contribution in [0.1, 0.15) is 19.8 Å². The Bertz CT molecular complexity index is 174. The van der Waals surface area contributed by atoms with Crippen LogP contribution in [-0.2, 0) is 0 Å². The van der Waals surface area contributed by atoms with Crippen LogP contribution >= 0.6 is 0 Å². The molecule has 1 rings (SSSR count). The van der Waals surface area contributed by atoms with Crippen molar-refractivity contribution in [3.8, 4) is 0 Å². The first kappa shape index (κ1) is 12.9. The molecule has 0 saturated carbocycles. The van der Waals surface area contributed by atoms with Crippen molar-refractivity contribution < 1.29 is 0 Å². The molecule has 2 N–H and O–H groups in total. The molecule has 1 aliphatic rings. The molecule has 1 heterocycles. The highest BCUT2D eigenvalue weighted by Crippen LogP contribution is 2.26. The molecule has 90 valence electrons. The Balaban J connectivity index is 2.56. The van der Waals surface area contributed by atoms with Gasteiger partial charge in [0.2, 0.25) is 0 Å². The molecule has 1 aliphatic heterocycles. The van der Waals surface area contributed by atoms with E-state index in [0.717, 1.165) is 12.5 Å². The fraction of sp³-hybridized carbons (Fsp3) is 1.00. The van der Waals surface area contributed by atoms with Crippen LogP contribution in [-0.4, -0.2) is 56.6 Å². The quantitative estimate of drug-likeness (QED) is 0.751. The minimum Gasteiger partial charge on any atom is -0.330 e. The van der Waals surface area contributed by atoms with Crippen LogP contribution in [0.5, 0.6) is 0 Å². The van der Waals surface area contributed by atoms with Gasteiger partial charge in [-0.1, -0.05) is 6.92 Å². The lowest BCUT2D eigenvalue weighted by Gasteiger charge is -2.40. The number of likely N-dealkylation sites (tertiary alicyclic amines) is 1. The van der Waals surface area contributed by atoms with E-state index < -0.39 is 0 Å². The molecule has 0 bridgehead atoms. The van der Waals surface area contributed by atoms with E-state index in [2.05, 4.69) is 37.9 Å². The van der Waals surface area contributed by atoms with Crippen LogP contribution in [0, 0.1) is 11.8 Å². The van der Waals surface area contributed by atoms with Crippen molar-refractivity contribution >= 4 is 0 Å². The van der Waals surface area contributed by atoms with Crippen LogP contribution in [0.15, 0.2) is 0 Å². The minimum absolute atomic E-state index is 0.605. The highest BCUT2D eigenvalue weighted by molar-refractivity contribution is 4.85. The summed E-state index contributed by atoms with van der Waals surface area (Å²) < 4.78 is 0. The summed E-state index contributed by atoms with van der Waals surface area (Å²) in [5.74, 6) is 1.43. The van der Waals surface area contributed by atoms with Gasteiger partial charge < -0.3 is 15.5 Å². The second kappa shape index (κ2) is 5.83. The van der Waals surface area contributed by atoms with Gasteiger partial charge in [-0.2, -0.15) is 0 Å². The summed E-state index contributed by atoms with van der Waals surface area (Å²) in [6, 6.07) is 0.656. The first-order chi connectivity index (χ1) is 7.06. The molecule has 0 aromatic rings. The molecular formula is C12H27N3. The van der Waals surface area contributed by atoms with Crippen LogP contribution < -0.4 is 5.73 Å². The normalized spacial score (nSPS) is 24.4. The van der Waals surface area contributed by atoms with Crippen molar-refractivity contribution in [2.75, 3.05) is 40.8 Å². The molecule has 3 heteroatoms. The van der Waals surface area contributed by atoms with E-state index >= 15 is 0 Å². The highest BCUT2D eigenvalue weighted by atomic mass is 15.1. The first-order valence-electron chi connectivity index (χ1n) is 6.11. The lowest BCUT2D eigenvalue weighted by Crippen LogP contribution is -2.46. The second-order valence-electron chi connectivity index (χ2n) is 5.31. The summed E-state index contributed by atoms with van der Waals surface area (Å²) in [4.78, 5) is 4.80. The fourth-order valence-electron chi connectivity index (χ4n) is 2.90. The van der Waals surface area contributed by atoms with Crippen LogP contribution in [0.3, 0.4) is 0 Å². The summed E-state index contributed by atoms with van der Waals surface area (Å²) in [7, 11) is 6.59. The molecule has 0 aliphatic carbocycles. The van der Waals surface area contributed by atoms with Crippen LogP contribution in [0.25, 0.3) is 0 Å². The topological polar surface area (TPSA) is 32.5 Å². The number of piperidine rings is 1. The first-order valence-corrected chi connectivity index (χ1v) is 6.11. The van der Waals surface area contributed by atoms with E-state index in [-0.39, 0.29) is 0 Å². The van der Waals surface area contributed by atoms with Gasteiger partial charge in [-0.15, -0.1) is 0 Å². The molecule has 0 spiro atoms. The SMILES string of the molecule is CC(CN)C(C1CCN(C)CC1)N(C)C. The van der Waals surface area contributed by atoms with Gasteiger partial charge >= 0.3 is 0 Å². The van der Waals surface area contributed by atoms with Gasteiger partial charge in [-0.25, -0.2) is 0 Å². The number of hydrogen-bond acceptors (Lipinski definition) is 3. The number of hydrogen-bond donors (Lipinski definition) is 1. The molecule has 2 atom stereocenters. The minimum atomic E-state index is 0.605. The van der Waals surface area contributed by atoms with E-state index in [9.17, 15) is 0 Å². The molecule has 15 heavy (non-hydrogen) atoms. The average Bonchev–Trinajstić information content (AvgIpc) is 2.20.